The lowest BCUT2D eigenvalue weighted by atomic mass is 10.0. The number of aryl methyl sites for hydroxylation is 1. The second kappa shape index (κ2) is 12.6. The highest BCUT2D eigenvalue weighted by Gasteiger charge is 2.11. The Morgan fingerprint density at radius 2 is 1.53 bits per heavy atom. The number of anilines is 1. The van der Waals surface area contributed by atoms with Gasteiger partial charge in [-0.1, -0.05) is 59.7 Å². The van der Waals surface area contributed by atoms with E-state index in [1.165, 1.54) is 0 Å². The van der Waals surface area contributed by atoms with Gasteiger partial charge in [0.05, 0.1) is 0 Å². The fourth-order valence-corrected chi connectivity index (χ4v) is 3.58. The molecule has 0 aliphatic heterocycles. The highest BCUT2D eigenvalue weighted by Crippen LogP contribution is 2.21. The van der Waals surface area contributed by atoms with Gasteiger partial charge in [0.25, 0.3) is 5.82 Å². The molecule has 0 saturated heterocycles. The van der Waals surface area contributed by atoms with E-state index in [2.05, 4.69) is 5.10 Å². The van der Waals surface area contributed by atoms with Gasteiger partial charge in [-0.2, -0.15) is 0 Å². The van der Waals surface area contributed by atoms with E-state index in [0.29, 0.717) is 42.3 Å². The number of carbonyl (C=O) groups is 2. The van der Waals surface area contributed by atoms with E-state index >= 15 is 0 Å². The van der Waals surface area contributed by atoms with Crippen molar-refractivity contribution in [2.24, 2.45) is 0 Å². The largest absolute Gasteiger partial charge is 1.00 e. The summed E-state index contributed by atoms with van der Waals surface area (Å²) < 4.78 is 7.52. The van der Waals surface area contributed by atoms with Crippen molar-refractivity contribution in [2.45, 2.75) is 26.0 Å². The molecule has 184 valence electrons. The molecular formula is C28H26BrN3O4. The molecule has 0 radical (unpaired) electrons. The van der Waals surface area contributed by atoms with Crippen LogP contribution < -0.4 is 32.1 Å². The van der Waals surface area contributed by atoms with Crippen molar-refractivity contribution in [3.8, 4) is 17.0 Å². The third-order valence-electron chi connectivity index (χ3n) is 5.51. The molecular weight excluding hydrogens is 522 g/mol. The normalized spacial score (nSPS) is 10.3. The number of halogens is 1. The van der Waals surface area contributed by atoms with Crippen molar-refractivity contribution in [1.29, 1.82) is 0 Å². The Morgan fingerprint density at radius 1 is 0.861 bits per heavy atom. The predicted octanol–water partition coefficient (Wildman–Crippen LogP) is 1.30. The lowest BCUT2D eigenvalue weighted by molar-refractivity contribution is -0.739. The fraction of sp³-hybridized carbons (Fsp3) is 0.143. The Kier molecular flexibility index (Phi) is 9.30. The number of hydrogen-bond acceptors (Lipinski definition) is 5. The number of carboxylic acid groups (broad SMARTS) is 1. The van der Waals surface area contributed by atoms with Gasteiger partial charge < -0.3 is 26.8 Å². The summed E-state index contributed by atoms with van der Waals surface area (Å²) in [6, 6.07) is 27.8. The lowest BCUT2D eigenvalue weighted by Gasteiger charge is -2.09. The molecule has 0 spiro atoms. The molecule has 0 fully saturated rings. The van der Waals surface area contributed by atoms with Crippen molar-refractivity contribution >= 4 is 17.6 Å². The third kappa shape index (κ3) is 6.99. The number of carbonyl (C=O) groups excluding carboxylic acids is 1. The number of aliphatic carboxylic acids is 1. The van der Waals surface area contributed by atoms with Gasteiger partial charge in [0.1, 0.15) is 24.6 Å². The van der Waals surface area contributed by atoms with Gasteiger partial charge in [-0.15, -0.1) is 4.68 Å². The van der Waals surface area contributed by atoms with Gasteiger partial charge in [-0.05, 0) is 42.3 Å². The van der Waals surface area contributed by atoms with Crippen LogP contribution in [0.5, 0.6) is 5.75 Å². The van der Waals surface area contributed by atoms with Crippen LogP contribution in [0.2, 0.25) is 0 Å². The summed E-state index contributed by atoms with van der Waals surface area (Å²) in [6.07, 6.45) is 0.519. The molecule has 0 bridgehead atoms. The predicted molar refractivity (Wildman–Crippen MR) is 132 cm³/mol. The first-order chi connectivity index (χ1) is 17.0. The van der Waals surface area contributed by atoms with Gasteiger partial charge in [0.15, 0.2) is 5.78 Å². The van der Waals surface area contributed by atoms with E-state index in [0.717, 1.165) is 16.8 Å². The van der Waals surface area contributed by atoms with E-state index in [1.54, 1.807) is 10.7 Å². The average molecular weight is 548 g/mol. The van der Waals surface area contributed by atoms with E-state index < -0.39 is 5.97 Å². The number of carboxylic acids is 1. The van der Waals surface area contributed by atoms with Crippen molar-refractivity contribution < 1.29 is 41.1 Å². The first-order valence-corrected chi connectivity index (χ1v) is 11.3. The summed E-state index contributed by atoms with van der Waals surface area (Å²) in [6.45, 7) is 0.811. The molecule has 3 N–H and O–H groups in total. The minimum atomic E-state index is -0.840. The molecule has 4 aromatic rings. The minimum absolute atomic E-state index is 0. The monoisotopic (exact) mass is 547 g/mol. The Morgan fingerprint density at radius 3 is 2.19 bits per heavy atom. The summed E-state index contributed by atoms with van der Waals surface area (Å²) in [5.41, 5.74) is 9.87. The van der Waals surface area contributed by atoms with Crippen molar-refractivity contribution in [1.82, 2.24) is 5.10 Å². The SMILES string of the molecule is Nc1ccc(-c2ccc(OCc3ccc(C(=O)c4ccccc4)cc3)cc2)n[n+]1CCCC(=O)O.[Br-]. The molecule has 0 amide bonds. The number of nitrogens with two attached hydrogens (primary N) is 1. The Labute approximate surface area is 219 Å². The average Bonchev–Trinajstić information content (AvgIpc) is 2.89. The molecule has 0 unspecified atom stereocenters. The van der Waals surface area contributed by atoms with Crippen LogP contribution >= 0.6 is 0 Å². The smallest absolute Gasteiger partial charge is 0.303 e. The Hall–Kier alpha value is -4.04. The lowest BCUT2D eigenvalue weighted by Crippen LogP contribution is -3.00. The van der Waals surface area contributed by atoms with E-state index in [1.807, 2.05) is 84.9 Å². The summed E-state index contributed by atoms with van der Waals surface area (Å²) in [5, 5.41) is 13.4. The maximum absolute atomic E-state index is 12.5. The maximum Gasteiger partial charge on any atom is 0.303 e. The number of ketones is 1. The molecule has 8 heteroatoms. The van der Waals surface area contributed by atoms with Crippen LogP contribution in [0.25, 0.3) is 11.3 Å². The molecule has 1 heterocycles. The number of nitrogens with zero attached hydrogens (tertiary/aromatic N) is 2. The van der Waals surface area contributed by atoms with Crippen LogP contribution in [0.4, 0.5) is 5.82 Å². The van der Waals surface area contributed by atoms with Crippen molar-refractivity contribution in [3.05, 3.63) is 108 Å². The molecule has 1 aromatic heterocycles. The van der Waals surface area contributed by atoms with Crippen LogP contribution in [0.15, 0.2) is 91.0 Å². The molecule has 0 aliphatic rings. The fourth-order valence-electron chi connectivity index (χ4n) is 3.58. The van der Waals surface area contributed by atoms with Gasteiger partial charge in [-0.25, -0.2) is 0 Å². The Bertz CT molecular complexity index is 1310. The van der Waals surface area contributed by atoms with Gasteiger partial charge >= 0.3 is 5.97 Å². The van der Waals surface area contributed by atoms with E-state index in [4.69, 9.17) is 15.6 Å². The molecule has 0 aliphatic carbocycles. The molecule has 3 aromatic carbocycles. The topological polar surface area (TPSA) is 106 Å². The zero-order valence-corrected chi connectivity index (χ0v) is 21.1. The van der Waals surface area contributed by atoms with Crippen LogP contribution in [0.1, 0.15) is 34.3 Å². The molecule has 7 nitrogen and oxygen atoms in total. The number of nitrogen functional groups attached to an aromatic ring is 1. The number of rotatable bonds is 10. The highest BCUT2D eigenvalue weighted by molar-refractivity contribution is 6.08. The second-order valence-corrected chi connectivity index (χ2v) is 8.07. The summed E-state index contributed by atoms with van der Waals surface area (Å²) >= 11 is 0. The summed E-state index contributed by atoms with van der Waals surface area (Å²) in [4.78, 5) is 23.3. The number of benzene rings is 3. The maximum atomic E-state index is 12.5. The number of hydrogen-bond donors (Lipinski definition) is 2. The van der Waals surface area contributed by atoms with Gasteiger partial charge in [0, 0.05) is 29.2 Å². The first-order valence-electron chi connectivity index (χ1n) is 11.3. The van der Waals surface area contributed by atoms with E-state index in [9.17, 15) is 9.59 Å². The van der Waals surface area contributed by atoms with Crippen molar-refractivity contribution in [2.75, 3.05) is 5.73 Å². The van der Waals surface area contributed by atoms with Crippen LogP contribution in [-0.2, 0) is 17.9 Å². The Balaban J connectivity index is 0.00000361. The highest BCUT2D eigenvalue weighted by atomic mass is 79.9. The quantitative estimate of drug-likeness (QED) is 0.229. The van der Waals surface area contributed by atoms with Crippen LogP contribution in [0.3, 0.4) is 0 Å². The number of aromatic nitrogens is 2. The molecule has 4 rings (SSSR count). The van der Waals surface area contributed by atoms with E-state index in [-0.39, 0.29) is 29.2 Å². The summed E-state index contributed by atoms with van der Waals surface area (Å²) in [5.74, 6) is 0.346. The third-order valence-corrected chi connectivity index (χ3v) is 5.51. The van der Waals surface area contributed by atoms with Gasteiger partial charge in [0.2, 0.25) is 0 Å². The van der Waals surface area contributed by atoms with Crippen LogP contribution in [0, 0.1) is 0 Å². The zero-order valence-electron chi connectivity index (χ0n) is 19.5. The van der Waals surface area contributed by atoms with Gasteiger partial charge in [-0.3, -0.25) is 15.3 Å². The first kappa shape index (κ1) is 26.6. The minimum Gasteiger partial charge on any atom is -1.00 e. The second-order valence-electron chi connectivity index (χ2n) is 8.07. The van der Waals surface area contributed by atoms with Crippen LogP contribution in [-0.4, -0.2) is 22.0 Å². The summed E-state index contributed by atoms with van der Waals surface area (Å²) in [7, 11) is 0. The molecule has 0 atom stereocenters. The number of ether oxygens (including phenoxy) is 1. The van der Waals surface area contributed by atoms with Crippen molar-refractivity contribution in [3.63, 3.8) is 0 Å². The zero-order chi connectivity index (χ0) is 24.6. The standard InChI is InChI=1S/C28H25N3O4.BrH/c29-26-17-16-25(30-31(26)18-4-7-27(32)33)21-12-14-24(15-13-21)35-19-20-8-10-23(11-9-20)28(34)22-5-2-1-3-6-22;/h1-3,5-6,8-17,29H,4,7,18-19H2,(H,32,33);1H. The molecule has 0 saturated carbocycles. The molecule has 36 heavy (non-hydrogen) atoms.